The Morgan fingerprint density at radius 2 is 1.94 bits per heavy atom. The van der Waals surface area contributed by atoms with Crippen LogP contribution >= 0.6 is 15.9 Å². The molecular weight excluding hydrogens is 288 g/mol. The van der Waals surface area contributed by atoms with E-state index in [0.29, 0.717) is 6.04 Å². The molecule has 3 heteroatoms. The summed E-state index contributed by atoms with van der Waals surface area (Å²) in [6.45, 7) is 4.36. The summed E-state index contributed by atoms with van der Waals surface area (Å²) in [4.78, 5) is 0. The molecule has 0 saturated heterocycles. The predicted molar refractivity (Wildman–Crippen MR) is 83.0 cm³/mol. The number of anilines is 2. The molecule has 1 aliphatic carbocycles. The van der Waals surface area contributed by atoms with Crippen molar-refractivity contribution in [2.45, 2.75) is 52.0 Å². The van der Waals surface area contributed by atoms with Gasteiger partial charge in [-0.15, -0.1) is 0 Å². The smallest absolute Gasteiger partial charge is 0.0490 e. The van der Waals surface area contributed by atoms with Gasteiger partial charge in [0.1, 0.15) is 0 Å². The normalized spacial score (nSPS) is 23.9. The molecule has 0 atom stereocenters. The van der Waals surface area contributed by atoms with Crippen LogP contribution in [0.3, 0.4) is 0 Å². The van der Waals surface area contributed by atoms with Gasteiger partial charge in [0.2, 0.25) is 0 Å². The van der Waals surface area contributed by atoms with E-state index < -0.39 is 0 Å². The monoisotopic (exact) mass is 310 g/mol. The number of hydrogen-bond donors (Lipinski definition) is 2. The van der Waals surface area contributed by atoms with Gasteiger partial charge in [0, 0.05) is 21.9 Å². The Labute approximate surface area is 118 Å². The molecule has 0 amide bonds. The van der Waals surface area contributed by atoms with Gasteiger partial charge in [0.05, 0.1) is 0 Å². The van der Waals surface area contributed by atoms with Crippen molar-refractivity contribution in [2.24, 2.45) is 5.92 Å². The highest BCUT2D eigenvalue weighted by Crippen LogP contribution is 2.32. The fourth-order valence-corrected chi connectivity index (χ4v) is 3.22. The molecule has 3 N–H and O–H groups in total. The first-order valence-electron chi connectivity index (χ1n) is 6.92. The summed E-state index contributed by atoms with van der Waals surface area (Å²) < 4.78 is 1.07. The molecule has 2 rings (SSSR count). The molecule has 1 fully saturated rings. The van der Waals surface area contributed by atoms with Gasteiger partial charge in [0.25, 0.3) is 0 Å². The molecule has 0 bridgehead atoms. The third-order valence-electron chi connectivity index (χ3n) is 4.14. The second kappa shape index (κ2) is 5.96. The number of benzene rings is 1. The van der Waals surface area contributed by atoms with Crippen molar-refractivity contribution < 1.29 is 0 Å². The quantitative estimate of drug-likeness (QED) is 0.793. The van der Waals surface area contributed by atoms with E-state index in [2.05, 4.69) is 41.2 Å². The van der Waals surface area contributed by atoms with Crippen molar-refractivity contribution in [1.29, 1.82) is 0 Å². The summed E-state index contributed by atoms with van der Waals surface area (Å²) in [7, 11) is 0. The van der Waals surface area contributed by atoms with Crippen LogP contribution in [0.1, 0.15) is 44.6 Å². The number of nitrogens with one attached hydrogen (secondary N) is 1. The maximum Gasteiger partial charge on any atom is 0.0490 e. The van der Waals surface area contributed by atoms with Crippen LogP contribution in [-0.4, -0.2) is 6.04 Å². The first kappa shape index (κ1) is 13.7. The van der Waals surface area contributed by atoms with Gasteiger partial charge < -0.3 is 11.1 Å². The van der Waals surface area contributed by atoms with E-state index in [1.807, 2.05) is 6.07 Å². The van der Waals surface area contributed by atoms with E-state index in [-0.39, 0.29) is 0 Å². The molecule has 2 nitrogen and oxygen atoms in total. The number of aryl methyl sites for hydroxylation is 1. The van der Waals surface area contributed by atoms with Crippen LogP contribution in [0.25, 0.3) is 0 Å². The van der Waals surface area contributed by atoms with Crippen LogP contribution in [0.15, 0.2) is 16.6 Å². The lowest BCUT2D eigenvalue weighted by atomic mass is 9.84. The standard InChI is InChI=1S/C15H23BrN2/c1-3-11-4-6-12(7-5-11)18-15-8-10(2)14(17)9-13(15)16/h8-9,11-12,18H,3-7,17H2,1-2H3. The first-order valence-corrected chi connectivity index (χ1v) is 7.71. The van der Waals surface area contributed by atoms with Crippen LogP contribution in [0.5, 0.6) is 0 Å². The Morgan fingerprint density at radius 3 is 2.56 bits per heavy atom. The van der Waals surface area contributed by atoms with Crippen LogP contribution in [0.2, 0.25) is 0 Å². The average Bonchev–Trinajstić information content (AvgIpc) is 2.37. The molecule has 1 saturated carbocycles. The Hall–Kier alpha value is -0.700. The number of halogens is 1. The Kier molecular flexibility index (Phi) is 4.55. The highest BCUT2D eigenvalue weighted by atomic mass is 79.9. The molecule has 0 aliphatic heterocycles. The van der Waals surface area contributed by atoms with Gasteiger partial charge in [-0.25, -0.2) is 0 Å². The minimum absolute atomic E-state index is 0.618. The van der Waals surface area contributed by atoms with Gasteiger partial charge in [-0.1, -0.05) is 13.3 Å². The van der Waals surface area contributed by atoms with Gasteiger partial charge in [-0.3, -0.25) is 0 Å². The SMILES string of the molecule is CCC1CCC(Nc2cc(C)c(N)cc2Br)CC1. The summed E-state index contributed by atoms with van der Waals surface area (Å²) in [6, 6.07) is 4.76. The van der Waals surface area contributed by atoms with Crippen LogP contribution in [0, 0.1) is 12.8 Å². The van der Waals surface area contributed by atoms with Gasteiger partial charge in [-0.2, -0.15) is 0 Å². The van der Waals surface area contributed by atoms with Crippen LogP contribution < -0.4 is 11.1 Å². The maximum absolute atomic E-state index is 5.90. The van der Waals surface area contributed by atoms with E-state index in [9.17, 15) is 0 Å². The topological polar surface area (TPSA) is 38.0 Å². The first-order chi connectivity index (χ1) is 8.60. The van der Waals surface area contributed by atoms with E-state index >= 15 is 0 Å². The lowest BCUT2D eigenvalue weighted by Crippen LogP contribution is -2.26. The van der Waals surface area contributed by atoms with E-state index in [4.69, 9.17) is 5.73 Å². The largest absolute Gasteiger partial charge is 0.398 e. The molecule has 0 unspecified atom stereocenters. The van der Waals surface area contributed by atoms with E-state index in [0.717, 1.165) is 21.6 Å². The fourth-order valence-electron chi connectivity index (χ4n) is 2.74. The van der Waals surface area contributed by atoms with Crippen molar-refractivity contribution in [3.8, 4) is 0 Å². The summed E-state index contributed by atoms with van der Waals surface area (Å²) in [6.07, 6.45) is 6.62. The van der Waals surface area contributed by atoms with Crippen molar-refractivity contribution >= 4 is 27.3 Å². The number of rotatable bonds is 3. The maximum atomic E-state index is 5.90. The Bertz CT molecular complexity index is 409. The van der Waals surface area contributed by atoms with Crippen molar-refractivity contribution in [2.75, 3.05) is 11.1 Å². The number of hydrogen-bond acceptors (Lipinski definition) is 2. The summed E-state index contributed by atoms with van der Waals surface area (Å²) in [5.41, 5.74) is 9.07. The molecule has 100 valence electrons. The highest BCUT2D eigenvalue weighted by Gasteiger charge is 2.20. The third-order valence-corrected chi connectivity index (χ3v) is 4.80. The lowest BCUT2D eigenvalue weighted by Gasteiger charge is -2.29. The molecular formula is C15H23BrN2. The van der Waals surface area contributed by atoms with E-state index in [1.165, 1.54) is 37.8 Å². The molecule has 1 aromatic carbocycles. The number of nitrogen functional groups attached to an aromatic ring is 1. The molecule has 18 heavy (non-hydrogen) atoms. The van der Waals surface area contributed by atoms with E-state index in [1.54, 1.807) is 0 Å². The number of nitrogens with two attached hydrogens (primary N) is 1. The Balaban J connectivity index is 2.00. The zero-order valence-corrected chi connectivity index (χ0v) is 12.9. The fraction of sp³-hybridized carbons (Fsp3) is 0.600. The van der Waals surface area contributed by atoms with Crippen LogP contribution in [0.4, 0.5) is 11.4 Å². The van der Waals surface area contributed by atoms with Gasteiger partial charge in [-0.05, 0) is 72.2 Å². The second-order valence-corrected chi connectivity index (χ2v) is 6.31. The molecule has 1 aliphatic rings. The summed E-state index contributed by atoms with van der Waals surface area (Å²) >= 11 is 3.59. The average molecular weight is 311 g/mol. The molecule has 0 radical (unpaired) electrons. The minimum Gasteiger partial charge on any atom is -0.398 e. The molecule has 0 aromatic heterocycles. The lowest BCUT2D eigenvalue weighted by molar-refractivity contribution is 0.330. The highest BCUT2D eigenvalue weighted by molar-refractivity contribution is 9.10. The predicted octanol–water partition coefficient (Wildman–Crippen LogP) is 4.72. The molecule has 0 spiro atoms. The second-order valence-electron chi connectivity index (χ2n) is 5.46. The molecule has 1 aromatic rings. The third kappa shape index (κ3) is 3.19. The van der Waals surface area contributed by atoms with Crippen molar-refractivity contribution in [3.05, 3.63) is 22.2 Å². The molecule has 0 heterocycles. The van der Waals surface area contributed by atoms with Crippen molar-refractivity contribution in [3.63, 3.8) is 0 Å². The zero-order chi connectivity index (χ0) is 13.1. The van der Waals surface area contributed by atoms with Gasteiger partial charge in [0.15, 0.2) is 0 Å². The summed E-state index contributed by atoms with van der Waals surface area (Å²) in [5, 5.41) is 3.66. The van der Waals surface area contributed by atoms with Crippen molar-refractivity contribution in [1.82, 2.24) is 0 Å². The zero-order valence-electron chi connectivity index (χ0n) is 11.3. The minimum atomic E-state index is 0.618. The Morgan fingerprint density at radius 1 is 1.28 bits per heavy atom. The van der Waals surface area contributed by atoms with Gasteiger partial charge >= 0.3 is 0 Å². The van der Waals surface area contributed by atoms with Crippen LogP contribution in [-0.2, 0) is 0 Å². The summed E-state index contributed by atoms with van der Waals surface area (Å²) in [5.74, 6) is 0.944.